The number of piperazine rings is 1. The van der Waals surface area contributed by atoms with Crippen molar-refractivity contribution >= 4 is 0 Å². The van der Waals surface area contributed by atoms with Gasteiger partial charge in [0, 0.05) is 38.3 Å². The third-order valence-electron chi connectivity index (χ3n) is 4.73. The summed E-state index contributed by atoms with van der Waals surface area (Å²) in [4.78, 5) is 2.54. The van der Waals surface area contributed by atoms with Crippen LogP contribution in [-0.2, 0) is 11.8 Å². The highest BCUT2D eigenvalue weighted by atomic mass is 15.2. The van der Waals surface area contributed by atoms with Gasteiger partial charge in [0.1, 0.15) is 0 Å². The van der Waals surface area contributed by atoms with E-state index in [4.69, 9.17) is 5.73 Å². The maximum absolute atomic E-state index is 6.12. The molecule has 1 aliphatic rings. The zero-order chi connectivity index (χ0) is 15.5. The third-order valence-corrected chi connectivity index (χ3v) is 4.73. The van der Waals surface area contributed by atoms with E-state index in [0.717, 1.165) is 32.6 Å². The number of nitrogens with one attached hydrogen (secondary N) is 1. The number of nitrogens with two attached hydrogens (primary N) is 1. The Morgan fingerprint density at radius 2 is 1.62 bits per heavy atom. The molecule has 0 spiro atoms. The molecule has 0 aromatic heterocycles. The van der Waals surface area contributed by atoms with Crippen LogP contribution in [0.15, 0.2) is 24.3 Å². The van der Waals surface area contributed by atoms with Crippen LogP contribution in [0.5, 0.6) is 0 Å². The summed E-state index contributed by atoms with van der Waals surface area (Å²) >= 11 is 0. The average molecular weight is 289 g/mol. The topological polar surface area (TPSA) is 41.3 Å². The molecule has 0 bridgehead atoms. The van der Waals surface area contributed by atoms with E-state index >= 15 is 0 Å². The van der Waals surface area contributed by atoms with Crippen molar-refractivity contribution in [2.75, 3.05) is 32.7 Å². The van der Waals surface area contributed by atoms with Crippen LogP contribution in [0, 0.1) is 0 Å². The molecule has 3 heteroatoms. The molecular formula is C18H31N3. The van der Waals surface area contributed by atoms with E-state index in [9.17, 15) is 0 Å². The van der Waals surface area contributed by atoms with Crippen molar-refractivity contribution in [3.8, 4) is 0 Å². The van der Waals surface area contributed by atoms with Crippen molar-refractivity contribution in [1.82, 2.24) is 10.2 Å². The van der Waals surface area contributed by atoms with Crippen molar-refractivity contribution in [3.63, 3.8) is 0 Å². The fourth-order valence-electron chi connectivity index (χ4n) is 3.08. The first-order chi connectivity index (χ1) is 9.85. The molecule has 1 fully saturated rings. The van der Waals surface area contributed by atoms with Crippen molar-refractivity contribution in [2.24, 2.45) is 5.73 Å². The molecule has 3 nitrogen and oxygen atoms in total. The highest BCUT2D eigenvalue weighted by molar-refractivity contribution is 5.28. The molecule has 2 rings (SSSR count). The lowest BCUT2D eigenvalue weighted by molar-refractivity contribution is 0.0946. The number of hydrogen-bond acceptors (Lipinski definition) is 3. The van der Waals surface area contributed by atoms with Crippen molar-refractivity contribution < 1.29 is 0 Å². The summed E-state index contributed by atoms with van der Waals surface area (Å²) in [5, 5.41) is 3.42. The molecule has 3 N–H and O–H groups in total. The summed E-state index contributed by atoms with van der Waals surface area (Å²) < 4.78 is 0. The van der Waals surface area contributed by atoms with Gasteiger partial charge in [-0.2, -0.15) is 0 Å². The predicted molar refractivity (Wildman–Crippen MR) is 90.7 cm³/mol. The molecule has 1 saturated heterocycles. The smallest absolute Gasteiger partial charge is 0.0344 e. The summed E-state index contributed by atoms with van der Waals surface area (Å²) in [7, 11) is 0. The molecular weight excluding hydrogens is 258 g/mol. The van der Waals surface area contributed by atoms with Crippen molar-refractivity contribution in [2.45, 2.75) is 45.1 Å². The Kier molecular flexibility index (Phi) is 5.07. The molecule has 0 radical (unpaired) electrons. The number of rotatable bonds is 4. The van der Waals surface area contributed by atoms with Crippen LogP contribution in [0.4, 0.5) is 0 Å². The molecule has 1 unspecified atom stereocenters. The number of hydrogen-bond donors (Lipinski definition) is 2. The average Bonchev–Trinajstić information content (AvgIpc) is 2.47. The molecule has 21 heavy (non-hydrogen) atoms. The lowest BCUT2D eigenvalue weighted by atomic mass is 9.85. The molecule has 1 aromatic carbocycles. The van der Waals surface area contributed by atoms with Gasteiger partial charge in [0.2, 0.25) is 0 Å². The lowest BCUT2D eigenvalue weighted by Gasteiger charge is -2.43. The molecule has 1 aliphatic heterocycles. The highest BCUT2D eigenvalue weighted by Crippen LogP contribution is 2.25. The van der Waals surface area contributed by atoms with E-state index in [2.05, 4.69) is 62.2 Å². The molecule has 0 aliphatic carbocycles. The van der Waals surface area contributed by atoms with Crippen LogP contribution in [0.3, 0.4) is 0 Å². The number of benzene rings is 1. The fraction of sp³-hybridized carbons (Fsp3) is 0.667. The van der Waals surface area contributed by atoms with Crippen molar-refractivity contribution in [1.29, 1.82) is 0 Å². The van der Waals surface area contributed by atoms with E-state index in [1.54, 1.807) is 0 Å². The zero-order valence-electron chi connectivity index (χ0n) is 14.1. The molecule has 0 amide bonds. The van der Waals surface area contributed by atoms with Gasteiger partial charge in [-0.3, -0.25) is 4.90 Å². The Morgan fingerprint density at radius 3 is 2.10 bits per heavy atom. The van der Waals surface area contributed by atoms with Gasteiger partial charge >= 0.3 is 0 Å². The minimum atomic E-state index is 0.0609. The summed E-state index contributed by atoms with van der Waals surface area (Å²) in [5.74, 6) is 0. The standard InChI is InChI=1S/C18H31N3/c1-17(2,3)16-7-5-15(6-8-16)13-18(4,14-19)21-11-9-20-10-12-21/h5-8,20H,9-14,19H2,1-4H3. The second-order valence-electron chi connectivity index (χ2n) is 7.56. The first-order valence-electron chi connectivity index (χ1n) is 8.10. The number of nitrogens with zero attached hydrogens (tertiary/aromatic N) is 1. The second-order valence-corrected chi connectivity index (χ2v) is 7.56. The molecule has 1 atom stereocenters. The van der Waals surface area contributed by atoms with Gasteiger partial charge in [0.25, 0.3) is 0 Å². The molecule has 118 valence electrons. The van der Waals surface area contributed by atoms with Crippen molar-refractivity contribution in [3.05, 3.63) is 35.4 Å². The second kappa shape index (κ2) is 6.47. The lowest BCUT2D eigenvalue weighted by Crippen LogP contribution is -2.59. The monoisotopic (exact) mass is 289 g/mol. The minimum Gasteiger partial charge on any atom is -0.329 e. The van der Waals surface area contributed by atoms with Crippen LogP contribution in [-0.4, -0.2) is 43.2 Å². The fourth-order valence-corrected chi connectivity index (χ4v) is 3.08. The predicted octanol–water partition coefficient (Wildman–Crippen LogP) is 2.15. The quantitative estimate of drug-likeness (QED) is 0.892. The van der Waals surface area contributed by atoms with Crippen LogP contribution >= 0.6 is 0 Å². The van der Waals surface area contributed by atoms with Crippen LogP contribution < -0.4 is 11.1 Å². The molecule has 0 saturated carbocycles. The van der Waals surface area contributed by atoms with Crippen LogP contribution in [0.1, 0.15) is 38.8 Å². The van der Waals surface area contributed by atoms with Gasteiger partial charge in [0.15, 0.2) is 0 Å². The largest absolute Gasteiger partial charge is 0.329 e. The maximum Gasteiger partial charge on any atom is 0.0344 e. The van der Waals surface area contributed by atoms with E-state index in [1.165, 1.54) is 11.1 Å². The Balaban J connectivity index is 2.10. The van der Waals surface area contributed by atoms with Gasteiger partial charge in [-0.25, -0.2) is 0 Å². The SMILES string of the molecule is CC(C)(C)c1ccc(CC(C)(CN)N2CCNCC2)cc1. The Hall–Kier alpha value is -0.900. The third kappa shape index (κ3) is 4.06. The van der Waals surface area contributed by atoms with Gasteiger partial charge in [-0.15, -0.1) is 0 Å². The Labute approximate surface area is 129 Å². The maximum atomic E-state index is 6.12. The van der Waals surface area contributed by atoms with Crippen LogP contribution in [0.25, 0.3) is 0 Å². The normalized spacial score (nSPS) is 20.2. The first kappa shape index (κ1) is 16.5. The summed E-state index contributed by atoms with van der Waals surface area (Å²) in [5.41, 5.74) is 9.18. The van der Waals surface area contributed by atoms with Gasteiger partial charge in [-0.1, -0.05) is 45.0 Å². The van der Waals surface area contributed by atoms with E-state index in [0.29, 0.717) is 6.54 Å². The van der Waals surface area contributed by atoms with E-state index in [-0.39, 0.29) is 11.0 Å². The Bertz CT molecular complexity index is 441. The first-order valence-corrected chi connectivity index (χ1v) is 8.10. The van der Waals surface area contributed by atoms with Crippen LogP contribution in [0.2, 0.25) is 0 Å². The van der Waals surface area contributed by atoms with Gasteiger partial charge in [0.05, 0.1) is 0 Å². The highest BCUT2D eigenvalue weighted by Gasteiger charge is 2.31. The molecule has 1 aromatic rings. The van der Waals surface area contributed by atoms with Gasteiger partial charge < -0.3 is 11.1 Å². The summed E-state index contributed by atoms with van der Waals surface area (Å²) in [6.07, 6.45) is 1.02. The van der Waals surface area contributed by atoms with E-state index in [1.807, 2.05) is 0 Å². The zero-order valence-corrected chi connectivity index (χ0v) is 14.1. The molecule has 1 heterocycles. The minimum absolute atomic E-state index is 0.0609. The summed E-state index contributed by atoms with van der Waals surface area (Å²) in [6.45, 7) is 14.1. The van der Waals surface area contributed by atoms with E-state index < -0.39 is 0 Å². The summed E-state index contributed by atoms with van der Waals surface area (Å²) in [6, 6.07) is 9.08. The Morgan fingerprint density at radius 1 is 1.05 bits per heavy atom. The van der Waals surface area contributed by atoms with Gasteiger partial charge in [-0.05, 0) is 29.9 Å².